The molecular weight excluding hydrogens is 180 g/mol. The average Bonchev–Trinajstić information content (AvgIpc) is 2.24. The molecule has 0 aromatic heterocycles. The van der Waals surface area contributed by atoms with E-state index < -0.39 is 0 Å². The van der Waals surface area contributed by atoms with E-state index in [1.54, 1.807) is 0 Å². The van der Waals surface area contributed by atoms with Crippen molar-refractivity contribution in [3.8, 4) is 0 Å². The maximum atomic E-state index is 4.19. The first kappa shape index (κ1) is 11.8. The molecule has 0 N–H and O–H groups in total. The average molecular weight is 200 g/mol. The second-order valence-electron chi connectivity index (χ2n) is 3.74. The van der Waals surface area contributed by atoms with Gasteiger partial charge in [-0.3, -0.25) is 0 Å². The van der Waals surface area contributed by atoms with E-state index >= 15 is 0 Å². The van der Waals surface area contributed by atoms with Crippen molar-refractivity contribution >= 4 is 18.7 Å². The lowest BCUT2D eigenvalue weighted by Crippen LogP contribution is -2.27. The van der Waals surface area contributed by atoms with Crippen molar-refractivity contribution in [2.24, 2.45) is 0 Å². The molecule has 0 heteroatoms. The Balaban J connectivity index is 3.44. The van der Waals surface area contributed by atoms with Gasteiger partial charge in [0.2, 0.25) is 0 Å². The van der Waals surface area contributed by atoms with Crippen molar-refractivity contribution < 1.29 is 0 Å². The molecule has 0 amide bonds. The summed E-state index contributed by atoms with van der Waals surface area (Å²) in [6.45, 7) is 10.5. The van der Waals surface area contributed by atoms with Crippen LogP contribution in [0.4, 0.5) is 0 Å². The maximum absolute atomic E-state index is 4.19. The van der Waals surface area contributed by atoms with Crippen LogP contribution in [-0.2, 0) is 6.42 Å². The minimum absolute atomic E-state index is 1.11. The summed E-state index contributed by atoms with van der Waals surface area (Å²) in [6, 6.07) is 4.34. The zero-order valence-electron chi connectivity index (χ0n) is 10.0. The Morgan fingerprint density at radius 3 is 2.53 bits per heavy atom. The van der Waals surface area contributed by atoms with Crippen LogP contribution in [0.25, 0.3) is 18.7 Å². The van der Waals surface area contributed by atoms with Crippen molar-refractivity contribution in [1.82, 2.24) is 0 Å². The molecule has 1 rings (SSSR count). The molecule has 80 valence electrons. The molecule has 0 saturated heterocycles. The van der Waals surface area contributed by atoms with Crippen LogP contribution in [0.2, 0.25) is 0 Å². The first-order valence-electron chi connectivity index (χ1n) is 5.64. The molecule has 0 aliphatic rings. The van der Waals surface area contributed by atoms with Gasteiger partial charge in [-0.2, -0.15) is 0 Å². The summed E-state index contributed by atoms with van der Waals surface area (Å²) in [7, 11) is 0. The molecule has 15 heavy (non-hydrogen) atoms. The third kappa shape index (κ3) is 2.59. The zero-order valence-corrected chi connectivity index (χ0v) is 10.0. The largest absolute Gasteiger partial charge is 0.0909 e. The van der Waals surface area contributed by atoms with Gasteiger partial charge in [0, 0.05) is 0 Å². The Kier molecular flexibility index (Phi) is 4.36. The fourth-order valence-corrected chi connectivity index (χ4v) is 1.88. The Morgan fingerprint density at radius 1 is 1.27 bits per heavy atom. The minimum Gasteiger partial charge on any atom is -0.0909 e. The van der Waals surface area contributed by atoms with Gasteiger partial charge in [-0.05, 0) is 41.8 Å². The molecule has 0 saturated carbocycles. The van der Waals surface area contributed by atoms with Crippen LogP contribution in [0.1, 0.15) is 38.3 Å². The SMILES string of the molecule is C=c1c(CCC)c(/C=C\C)cc/c1=C/C. The Hall–Kier alpha value is -1.30. The smallest absolute Gasteiger partial charge is 0.0221 e. The fraction of sp³-hybridized carbons (Fsp3) is 0.333. The van der Waals surface area contributed by atoms with Gasteiger partial charge in [0.15, 0.2) is 0 Å². The molecule has 0 fully saturated rings. The van der Waals surface area contributed by atoms with E-state index in [0.29, 0.717) is 0 Å². The molecule has 0 spiro atoms. The van der Waals surface area contributed by atoms with Gasteiger partial charge in [-0.25, -0.2) is 0 Å². The minimum atomic E-state index is 1.11. The summed E-state index contributed by atoms with van der Waals surface area (Å²) >= 11 is 0. The van der Waals surface area contributed by atoms with E-state index in [9.17, 15) is 0 Å². The first-order valence-corrected chi connectivity index (χ1v) is 5.64. The molecule has 1 aromatic rings. The van der Waals surface area contributed by atoms with Gasteiger partial charge < -0.3 is 0 Å². The third-order valence-corrected chi connectivity index (χ3v) is 2.66. The van der Waals surface area contributed by atoms with Crippen molar-refractivity contribution in [3.63, 3.8) is 0 Å². The van der Waals surface area contributed by atoms with Gasteiger partial charge in [-0.15, -0.1) is 0 Å². The third-order valence-electron chi connectivity index (χ3n) is 2.66. The summed E-state index contributed by atoms with van der Waals surface area (Å²) in [5, 5.41) is 2.45. The predicted octanol–water partition coefficient (Wildman–Crippen LogP) is 2.88. The highest BCUT2D eigenvalue weighted by atomic mass is 14.0. The van der Waals surface area contributed by atoms with Crippen molar-refractivity contribution in [3.05, 3.63) is 39.8 Å². The van der Waals surface area contributed by atoms with Gasteiger partial charge >= 0.3 is 0 Å². The Bertz CT molecular complexity index is 450. The summed E-state index contributed by atoms with van der Waals surface area (Å²) in [4.78, 5) is 0. The van der Waals surface area contributed by atoms with Crippen LogP contribution >= 0.6 is 0 Å². The highest BCUT2D eigenvalue weighted by molar-refractivity contribution is 5.54. The lowest BCUT2D eigenvalue weighted by Gasteiger charge is -2.06. The molecule has 0 bridgehead atoms. The number of hydrogen-bond acceptors (Lipinski definition) is 0. The quantitative estimate of drug-likeness (QED) is 0.704. The van der Waals surface area contributed by atoms with E-state index in [1.165, 1.54) is 28.0 Å². The van der Waals surface area contributed by atoms with Crippen LogP contribution in [0.15, 0.2) is 18.2 Å². The second kappa shape index (κ2) is 5.55. The van der Waals surface area contributed by atoms with Crippen LogP contribution in [-0.4, -0.2) is 0 Å². The van der Waals surface area contributed by atoms with E-state index in [-0.39, 0.29) is 0 Å². The van der Waals surface area contributed by atoms with E-state index in [1.807, 2.05) is 0 Å². The van der Waals surface area contributed by atoms with E-state index in [2.05, 4.69) is 57.7 Å². The van der Waals surface area contributed by atoms with Crippen LogP contribution in [0.5, 0.6) is 0 Å². The number of hydrogen-bond donors (Lipinski definition) is 0. The lowest BCUT2D eigenvalue weighted by atomic mass is 9.99. The molecule has 0 heterocycles. The summed E-state index contributed by atoms with van der Waals surface area (Å²) in [6.07, 6.45) is 8.66. The standard InChI is InChI=1S/C15H20/c1-5-8-14-11-10-13(7-3)12(4)15(14)9-6-2/h5,7-8,10-11H,4,6,9H2,1-3H3/b8-5-,13-7-. The molecule has 0 aliphatic carbocycles. The van der Waals surface area contributed by atoms with E-state index in [4.69, 9.17) is 0 Å². The fourth-order valence-electron chi connectivity index (χ4n) is 1.88. The number of rotatable bonds is 3. The molecule has 0 aliphatic heterocycles. The van der Waals surface area contributed by atoms with Gasteiger partial charge in [0.25, 0.3) is 0 Å². The van der Waals surface area contributed by atoms with Crippen molar-refractivity contribution in [2.45, 2.75) is 33.6 Å². The molecular formula is C15H20. The summed E-state index contributed by atoms with van der Waals surface area (Å²) in [5.74, 6) is 0. The van der Waals surface area contributed by atoms with Crippen LogP contribution in [0.3, 0.4) is 0 Å². The molecule has 1 aromatic carbocycles. The predicted molar refractivity (Wildman–Crippen MR) is 70.1 cm³/mol. The highest BCUT2D eigenvalue weighted by Gasteiger charge is 2.00. The normalized spacial score (nSPS) is 12.6. The molecule has 0 atom stereocenters. The van der Waals surface area contributed by atoms with Gasteiger partial charge in [-0.1, -0.05) is 50.3 Å². The number of benzene rings is 1. The second-order valence-corrected chi connectivity index (χ2v) is 3.74. The lowest BCUT2D eigenvalue weighted by molar-refractivity contribution is 0.911. The Labute approximate surface area is 92.6 Å². The van der Waals surface area contributed by atoms with Gasteiger partial charge in [0.1, 0.15) is 0 Å². The maximum Gasteiger partial charge on any atom is -0.0221 e. The van der Waals surface area contributed by atoms with E-state index in [0.717, 1.165) is 6.42 Å². The van der Waals surface area contributed by atoms with Crippen LogP contribution in [0, 0.1) is 0 Å². The summed E-state index contributed by atoms with van der Waals surface area (Å²) in [5.41, 5.74) is 2.71. The topological polar surface area (TPSA) is 0 Å². The number of allylic oxidation sites excluding steroid dienone is 1. The van der Waals surface area contributed by atoms with Crippen molar-refractivity contribution in [2.75, 3.05) is 0 Å². The van der Waals surface area contributed by atoms with Gasteiger partial charge in [0.05, 0.1) is 0 Å². The first-order chi connectivity index (χ1) is 7.24. The molecule has 0 radical (unpaired) electrons. The molecule has 0 nitrogen and oxygen atoms in total. The Morgan fingerprint density at radius 2 is 2.00 bits per heavy atom. The monoisotopic (exact) mass is 200 g/mol. The van der Waals surface area contributed by atoms with Crippen molar-refractivity contribution in [1.29, 1.82) is 0 Å². The molecule has 0 unspecified atom stereocenters. The summed E-state index contributed by atoms with van der Waals surface area (Å²) < 4.78 is 0. The van der Waals surface area contributed by atoms with Crippen LogP contribution < -0.4 is 10.4 Å². The zero-order chi connectivity index (χ0) is 11.3. The highest BCUT2D eigenvalue weighted by Crippen LogP contribution is 2.07.